The molecule has 0 fully saturated rings. The number of para-hydroxylation sites is 2. The fraction of sp³-hybridized carbons (Fsp3) is 0.714. The Bertz CT molecular complexity index is 581. The summed E-state index contributed by atoms with van der Waals surface area (Å²) >= 11 is 0. The number of esters is 2. The maximum Gasteiger partial charge on any atom is 0.311 e. The van der Waals surface area contributed by atoms with Gasteiger partial charge in [0.1, 0.15) is 0 Å². The minimum Gasteiger partial charge on any atom is -0.423 e. The number of carbonyl (C=O) groups excluding carboxylic acids is 2. The molecule has 0 N–H and O–H groups in total. The van der Waals surface area contributed by atoms with Gasteiger partial charge in [-0.2, -0.15) is 0 Å². The first-order chi connectivity index (χ1) is 15.4. The minimum atomic E-state index is -0.267. The number of ether oxygens (including phenoxy) is 2. The molecule has 1 aromatic carbocycles. The molecule has 0 spiro atoms. The van der Waals surface area contributed by atoms with Crippen LogP contribution in [0.15, 0.2) is 24.3 Å². The van der Waals surface area contributed by atoms with Crippen molar-refractivity contribution in [1.82, 2.24) is 0 Å². The summed E-state index contributed by atoms with van der Waals surface area (Å²) in [5, 5.41) is 0. The van der Waals surface area contributed by atoms with Gasteiger partial charge < -0.3 is 9.47 Å². The van der Waals surface area contributed by atoms with Crippen LogP contribution in [0.1, 0.15) is 118 Å². The number of carbonyl (C=O) groups is 2. The highest BCUT2D eigenvalue weighted by Gasteiger charge is 2.13. The third-order valence-electron chi connectivity index (χ3n) is 5.62. The molecule has 0 heterocycles. The van der Waals surface area contributed by atoms with Crippen molar-refractivity contribution in [2.45, 2.75) is 118 Å². The highest BCUT2D eigenvalue weighted by molar-refractivity contribution is 5.76. The Morgan fingerprint density at radius 1 is 0.594 bits per heavy atom. The summed E-state index contributed by atoms with van der Waals surface area (Å²) in [7, 11) is 0. The lowest BCUT2D eigenvalue weighted by Gasteiger charge is -2.10. The Balaban J connectivity index is 2.25. The normalized spacial score (nSPS) is 11.2. The Hall–Kier alpha value is -1.84. The summed E-state index contributed by atoms with van der Waals surface area (Å²) in [5.74, 6) is 1.65. The topological polar surface area (TPSA) is 52.6 Å². The van der Waals surface area contributed by atoms with Crippen molar-refractivity contribution >= 4 is 11.9 Å². The Morgan fingerprint density at radius 3 is 1.31 bits per heavy atom. The molecule has 0 saturated carbocycles. The van der Waals surface area contributed by atoms with Gasteiger partial charge in [0, 0.05) is 12.8 Å². The standard InChI is InChI=1S/C28H46O4/c1-23(2)17-11-7-5-9-13-21-27(29)31-25-19-15-16-20-26(25)32-28(30)22-14-10-6-8-12-18-24(3)4/h15-16,19-20,23-24H,5-14,17-18,21-22H2,1-4H3. The van der Waals surface area contributed by atoms with Crippen molar-refractivity contribution in [1.29, 1.82) is 0 Å². The first-order valence-electron chi connectivity index (χ1n) is 12.9. The van der Waals surface area contributed by atoms with Crippen LogP contribution in [0.5, 0.6) is 11.5 Å². The molecule has 0 aliphatic heterocycles. The van der Waals surface area contributed by atoms with E-state index in [4.69, 9.17) is 9.47 Å². The van der Waals surface area contributed by atoms with Crippen LogP contribution >= 0.6 is 0 Å². The van der Waals surface area contributed by atoms with Gasteiger partial charge in [-0.1, -0.05) is 104 Å². The molecule has 0 bridgehead atoms. The van der Waals surface area contributed by atoms with E-state index in [1.54, 1.807) is 24.3 Å². The monoisotopic (exact) mass is 446 g/mol. The van der Waals surface area contributed by atoms with Gasteiger partial charge in [-0.3, -0.25) is 9.59 Å². The zero-order chi connectivity index (χ0) is 23.6. The summed E-state index contributed by atoms with van der Waals surface area (Å²) in [5.41, 5.74) is 0. The van der Waals surface area contributed by atoms with Crippen LogP contribution in [-0.4, -0.2) is 11.9 Å². The second-order valence-electron chi connectivity index (χ2n) is 9.80. The molecule has 0 saturated heterocycles. The minimum absolute atomic E-state index is 0.267. The molecular formula is C28H46O4. The van der Waals surface area contributed by atoms with Crippen molar-refractivity contribution in [2.24, 2.45) is 11.8 Å². The van der Waals surface area contributed by atoms with E-state index in [0.717, 1.165) is 50.4 Å². The molecule has 0 radical (unpaired) electrons. The number of rotatable bonds is 18. The van der Waals surface area contributed by atoms with Crippen molar-refractivity contribution in [3.8, 4) is 11.5 Å². The van der Waals surface area contributed by atoms with E-state index >= 15 is 0 Å². The summed E-state index contributed by atoms with van der Waals surface area (Å²) in [4.78, 5) is 24.4. The van der Waals surface area contributed by atoms with E-state index < -0.39 is 0 Å². The molecule has 0 amide bonds. The average molecular weight is 447 g/mol. The molecule has 0 unspecified atom stereocenters. The van der Waals surface area contributed by atoms with Crippen molar-refractivity contribution in [3.05, 3.63) is 24.3 Å². The molecule has 0 aliphatic rings. The largest absolute Gasteiger partial charge is 0.423 e. The predicted octanol–water partition coefficient (Wildman–Crippen LogP) is 8.27. The van der Waals surface area contributed by atoms with Gasteiger partial charge in [0.05, 0.1) is 0 Å². The van der Waals surface area contributed by atoms with Crippen LogP contribution in [0.25, 0.3) is 0 Å². The van der Waals surface area contributed by atoms with Gasteiger partial charge in [-0.25, -0.2) is 0 Å². The second kappa shape index (κ2) is 17.7. The van der Waals surface area contributed by atoms with Gasteiger partial charge in [0.25, 0.3) is 0 Å². The Kier molecular flexibility index (Phi) is 15.6. The maximum absolute atomic E-state index is 12.2. The van der Waals surface area contributed by atoms with Crippen LogP contribution in [0.4, 0.5) is 0 Å². The third kappa shape index (κ3) is 15.0. The quantitative estimate of drug-likeness (QED) is 0.129. The van der Waals surface area contributed by atoms with Crippen LogP contribution in [-0.2, 0) is 9.59 Å². The summed E-state index contributed by atoms with van der Waals surface area (Å²) in [6, 6.07) is 6.93. The first-order valence-corrected chi connectivity index (χ1v) is 12.9. The molecular weight excluding hydrogens is 400 g/mol. The Morgan fingerprint density at radius 2 is 0.938 bits per heavy atom. The van der Waals surface area contributed by atoms with E-state index in [0.29, 0.717) is 24.3 Å². The summed E-state index contributed by atoms with van der Waals surface area (Å²) in [6.45, 7) is 9.00. The zero-order valence-corrected chi connectivity index (χ0v) is 21.0. The highest BCUT2D eigenvalue weighted by atomic mass is 16.6. The molecule has 1 aromatic rings. The van der Waals surface area contributed by atoms with Crippen LogP contribution < -0.4 is 9.47 Å². The SMILES string of the molecule is CC(C)CCCCCCCC(=O)Oc1ccccc1OC(=O)CCCCCCCC(C)C. The number of hydrogen-bond donors (Lipinski definition) is 0. The van der Waals surface area contributed by atoms with E-state index in [9.17, 15) is 9.59 Å². The molecule has 0 aliphatic carbocycles. The lowest BCUT2D eigenvalue weighted by Crippen LogP contribution is -2.12. The van der Waals surface area contributed by atoms with Gasteiger partial charge in [0.15, 0.2) is 11.5 Å². The maximum atomic E-state index is 12.2. The van der Waals surface area contributed by atoms with E-state index in [1.807, 2.05) is 0 Å². The van der Waals surface area contributed by atoms with Crippen molar-refractivity contribution < 1.29 is 19.1 Å². The first kappa shape index (κ1) is 28.2. The summed E-state index contributed by atoms with van der Waals surface area (Å²) in [6.07, 6.45) is 14.4. The lowest BCUT2D eigenvalue weighted by atomic mass is 10.0. The third-order valence-corrected chi connectivity index (χ3v) is 5.62. The number of unbranched alkanes of at least 4 members (excludes halogenated alkanes) is 8. The molecule has 4 heteroatoms. The predicted molar refractivity (Wildman–Crippen MR) is 132 cm³/mol. The second-order valence-corrected chi connectivity index (χ2v) is 9.80. The van der Waals surface area contributed by atoms with Crippen LogP contribution in [0.3, 0.4) is 0 Å². The van der Waals surface area contributed by atoms with E-state index in [-0.39, 0.29) is 11.9 Å². The smallest absolute Gasteiger partial charge is 0.311 e. The van der Waals surface area contributed by atoms with E-state index in [1.165, 1.54) is 38.5 Å². The molecule has 32 heavy (non-hydrogen) atoms. The van der Waals surface area contributed by atoms with Crippen molar-refractivity contribution in [2.75, 3.05) is 0 Å². The zero-order valence-electron chi connectivity index (χ0n) is 21.0. The summed E-state index contributed by atoms with van der Waals surface area (Å²) < 4.78 is 11.0. The number of hydrogen-bond acceptors (Lipinski definition) is 4. The fourth-order valence-electron chi connectivity index (χ4n) is 3.67. The van der Waals surface area contributed by atoms with Crippen LogP contribution in [0, 0.1) is 11.8 Å². The molecule has 4 nitrogen and oxygen atoms in total. The van der Waals surface area contributed by atoms with Gasteiger partial charge in [-0.05, 0) is 36.8 Å². The highest BCUT2D eigenvalue weighted by Crippen LogP contribution is 2.27. The van der Waals surface area contributed by atoms with Crippen LogP contribution in [0.2, 0.25) is 0 Å². The molecule has 0 atom stereocenters. The Labute approximate surface area is 196 Å². The molecule has 0 aromatic heterocycles. The van der Waals surface area contributed by atoms with E-state index in [2.05, 4.69) is 27.7 Å². The van der Waals surface area contributed by atoms with Gasteiger partial charge in [0.2, 0.25) is 0 Å². The fourth-order valence-corrected chi connectivity index (χ4v) is 3.67. The number of benzene rings is 1. The average Bonchev–Trinajstić information content (AvgIpc) is 2.73. The van der Waals surface area contributed by atoms with Gasteiger partial charge >= 0.3 is 11.9 Å². The molecule has 1 rings (SSSR count). The molecule has 182 valence electrons. The lowest BCUT2D eigenvalue weighted by molar-refractivity contribution is -0.137. The van der Waals surface area contributed by atoms with Crippen molar-refractivity contribution in [3.63, 3.8) is 0 Å². The van der Waals surface area contributed by atoms with Gasteiger partial charge in [-0.15, -0.1) is 0 Å².